The molecule has 0 unspecified atom stereocenters. The Morgan fingerprint density at radius 2 is 2.17 bits per heavy atom. The fraction of sp³-hybridized carbons (Fsp3) is 0.0833. The lowest BCUT2D eigenvalue weighted by Gasteiger charge is -2.09. The minimum Gasteiger partial charge on any atom is -0.340 e. The van der Waals surface area contributed by atoms with Crippen molar-refractivity contribution < 1.29 is 4.92 Å². The van der Waals surface area contributed by atoms with E-state index in [1.807, 2.05) is 13.0 Å². The fourth-order valence-electron chi connectivity index (χ4n) is 1.48. The van der Waals surface area contributed by atoms with Crippen molar-refractivity contribution in [2.75, 3.05) is 5.32 Å². The summed E-state index contributed by atoms with van der Waals surface area (Å²) in [5, 5.41) is 14.3. The Bertz CT molecular complexity index is 602. The molecule has 0 saturated heterocycles. The van der Waals surface area contributed by atoms with Crippen molar-refractivity contribution in [3.05, 3.63) is 57.2 Å². The summed E-state index contributed by atoms with van der Waals surface area (Å²) in [4.78, 5) is 14.2. The lowest BCUT2D eigenvalue weighted by Crippen LogP contribution is -1.97. The van der Waals surface area contributed by atoms with Crippen molar-refractivity contribution in [3.63, 3.8) is 0 Å². The molecule has 0 bridgehead atoms. The minimum atomic E-state index is -0.461. The first-order chi connectivity index (χ1) is 8.58. The van der Waals surface area contributed by atoms with Crippen molar-refractivity contribution in [1.82, 2.24) is 4.98 Å². The zero-order chi connectivity index (χ0) is 13.1. The number of nitro groups is 1. The van der Waals surface area contributed by atoms with Gasteiger partial charge in [-0.2, -0.15) is 0 Å². The lowest BCUT2D eigenvalue weighted by atomic mass is 10.2. The van der Waals surface area contributed by atoms with Gasteiger partial charge in [0, 0.05) is 23.0 Å². The maximum atomic E-state index is 10.7. The molecule has 5 nitrogen and oxygen atoms in total. The first-order valence-electron chi connectivity index (χ1n) is 5.20. The summed E-state index contributed by atoms with van der Waals surface area (Å²) < 4.78 is 0. The molecule has 0 saturated carbocycles. The number of benzene rings is 1. The Labute approximate surface area is 109 Å². The third kappa shape index (κ3) is 2.57. The average Bonchev–Trinajstić information content (AvgIpc) is 2.35. The van der Waals surface area contributed by atoms with Crippen LogP contribution in [0.1, 0.15) is 5.56 Å². The zero-order valence-corrected chi connectivity index (χ0v) is 10.3. The second-order valence-electron chi connectivity index (χ2n) is 3.69. The second kappa shape index (κ2) is 5.01. The highest BCUT2D eigenvalue weighted by molar-refractivity contribution is 6.31. The highest BCUT2D eigenvalue weighted by Crippen LogP contribution is 2.26. The standard InChI is InChI=1S/C12H10ClN3O2/c1-8-10(13)3-2-4-11(8)15-12-7-9(16(17)18)5-6-14-12/h2-7H,1H3,(H,14,15). The van der Waals surface area contributed by atoms with Crippen molar-refractivity contribution in [1.29, 1.82) is 0 Å². The Hall–Kier alpha value is -2.14. The summed E-state index contributed by atoms with van der Waals surface area (Å²) in [6.45, 7) is 1.86. The van der Waals surface area contributed by atoms with Crippen LogP contribution in [-0.2, 0) is 0 Å². The van der Waals surface area contributed by atoms with Crippen molar-refractivity contribution in [2.24, 2.45) is 0 Å². The largest absolute Gasteiger partial charge is 0.340 e. The van der Waals surface area contributed by atoms with E-state index >= 15 is 0 Å². The number of anilines is 2. The molecule has 6 heteroatoms. The monoisotopic (exact) mass is 263 g/mol. The van der Waals surface area contributed by atoms with E-state index in [4.69, 9.17) is 11.6 Å². The molecule has 0 aliphatic heterocycles. The van der Waals surface area contributed by atoms with Crippen LogP contribution in [-0.4, -0.2) is 9.91 Å². The summed E-state index contributed by atoms with van der Waals surface area (Å²) in [5.74, 6) is 0.412. The van der Waals surface area contributed by atoms with Crippen LogP contribution in [0.4, 0.5) is 17.2 Å². The predicted octanol–water partition coefficient (Wildman–Crippen LogP) is 3.70. The van der Waals surface area contributed by atoms with Gasteiger partial charge in [-0.1, -0.05) is 17.7 Å². The molecule has 1 aromatic heterocycles. The van der Waals surface area contributed by atoms with Gasteiger partial charge in [0.2, 0.25) is 0 Å². The van der Waals surface area contributed by atoms with Gasteiger partial charge in [0.1, 0.15) is 5.82 Å². The predicted molar refractivity (Wildman–Crippen MR) is 70.4 cm³/mol. The van der Waals surface area contributed by atoms with Crippen molar-refractivity contribution >= 4 is 28.8 Å². The van der Waals surface area contributed by atoms with Gasteiger partial charge in [0.05, 0.1) is 11.0 Å². The Morgan fingerprint density at radius 1 is 1.39 bits per heavy atom. The third-order valence-corrected chi connectivity index (χ3v) is 2.89. The maximum absolute atomic E-state index is 10.7. The number of rotatable bonds is 3. The normalized spacial score (nSPS) is 10.1. The van der Waals surface area contributed by atoms with Crippen LogP contribution in [0.15, 0.2) is 36.5 Å². The SMILES string of the molecule is Cc1c(Cl)cccc1Nc1cc([N+](=O)[O-])ccn1. The maximum Gasteiger partial charge on any atom is 0.274 e. The molecule has 0 amide bonds. The van der Waals surface area contributed by atoms with E-state index in [1.165, 1.54) is 18.3 Å². The first kappa shape index (κ1) is 12.3. The fourth-order valence-corrected chi connectivity index (χ4v) is 1.66. The second-order valence-corrected chi connectivity index (χ2v) is 4.10. The van der Waals surface area contributed by atoms with Gasteiger partial charge in [-0.15, -0.1) is 0 Å². The number of nitrogens with one attached hydrogen (secondary N) is 1. The first-order valence-corrected chi connectivity index (χ1v) is 5.58. The Kier molecular flexibility index (Phi) is 3.43. The molecule has 1 N–H and O–H groups in total. The Morgan fingerprint density at radius 3 is 2.89 bits per heavy atom. The van der Waals surface area contributed by atoms with Crippen LogP contribution in [0.25, 0.3) is 0 Å². The summed E-state index contributed by atoms with van der Waals surface area (Å²) in [6, 6.07) is 8.13. The molecule has 1 heterocycles. The molecule has 0 spiro atoms. The smallest absolute Gasteiger partial charge is 0.274 e. The van der Waals surface area contributed by atoms with Crippen LogP contribution in [0.5, 0.6) is 0 Å². The van der Waals surface area contributed by atoms with E-state index in [0.717, 1.165) is 11.3 Å². The van der Waals surface area contributed by atoms with E-state index in [2.05, 4.69) is 10.3 Å². The van der Waals surface area contributed by atoms with Gasteiger partial charge >= 0.3 is 0 Å². The molecule has 0 fully saturated rings. The molecule has 2 rings (SSSR count). The highest BCUT2D eigenvalue weighted by Gasteiger charge is 2.08. The van der Waals surface area contributed by atoms with Gasteiger partial charge < -0.3 is 5.32 Å². The van der Waals surface area contributed by atoms with Gasteiger partial charge in [-0.3, -0.25) is 10.1 Å². The van der Waals surface area contributed by atoms with Crippen LogP contribution < -0.4 is 5.32 Å². The molecular formula is C12H10ClN3O2. The van der Waals surface area contributed by atoms with E-state index in [0.29, 0.717) is 10.8 Å². The lowest BCUT2D eigenvalue weighted by molar-refractivity contribution is -0.384. The molecule has 0 aliphatic carbocycles. The molecule has 2 aromatic rings. The van der Waals surface area contributed by atoms with E-state index < -0.39 is 4.92 Å². The van der Waals surface area contributed by atoms with E-state index in [-0.39, 0.29) is 5.69 Å². The van der Waals surface area contributed by atoms with E-state index in [9.17, 15) is 10.1 Å². The number of halogens is 1. The quantitative estimate of drug-likeness (QED) is 0.677. The average molecular weight is 264 g/mol. The van der Waals surface area contributed by atoms with Crippen LogP contribution in [0, 0.1) is 17.0 Å². The molecule has 0 aliphatic rings. The molecule has 18 heavy (non-hydrogen) atoms. The summed E-state index contributed by atoms with van der Waals surface area (Å²) in [7, 11) is 0. The van der Waals surface area contributed by atoms with Crippen molar-refractivity contribution in [3.8, 4) is 0 Å². The van der Waals surface area contributed by atoms with Gasteiger partial charge in [-0.25, -0.2) is 4.98 Å². The molecule has 0 radical (unpaired) electrons. The van der Waals surface area contributed by atoms with Gasteiger partial charge in [-0.05, 0) is 24.6 Å². The minimum absolute atomic E-state index is 0.00724. The zero-order valence-electron chi connectivity index (χ0n) is 9.55. The summed E-state index contributed by atoms with van der Waals surface area (Å²) in [6.07, 6.45) is 1.39. The van der Waals surface area contributed by atoms with Crippen molar-refractivity contribution in [2.45, 2.75) is 6.92 Å². The molecule has 0 atom stereocenters. The number of hydrogen-bond donors (Lipinski definition) is 1. The van der Waals surface area contributed by atoms with Gasteiger partial charge in [0.15, 0.2) is 0 Å². The number of pyridine rings is 1. The molecule has 1 aromatic carbocycles. The van der Waals surface area contributed by atoms with Crippen LogP contribution in [0.2, 0.25) is 5.02 Å². The molecular weight excluding hydrogens is 254 g/mol. The van der Waals surface area contributed by atoms with Crippen LogP contribution in [0.3, 0.4) is 0 Å². The number of aromatic nitrogens is 1. The number of hydrogen-bond acceptors (Lipinski definition) is 4. The van der Waals surface area contributed by atoms with Gasteiger partial charge in [0.25, 0.3) is 5.69 Å². The summed E-state index contributed by atoms with van der Waals surface area (Å²) >= 11 is 5.99. The number of nitrogens with zero attached hydrogens (tertiary/aromatic N) is 2. The topological polar surface area (TPSA) is 68.1 Å². The van der Waals surface area contributed by atoms with E-state index in [1.54, 1.807) is 12.1 Å². The van der Waals surface area contributed by atoms with Crippen LogP contribution >= 0.6 is 11.6 Å². The Balaban J connectivity index is 2.31. The summed E-state index contributed by atoms with van der Waals surface area (Å²) in [5.41, 5.74) is 1.63. The molecule has 92 valence electrons. The highest BCUT2D eigenvalue weighted by atomic mass is 35.5. The third-order valence-electron chi connectivity index (χ3n) is 2.48.